The Labute approximate surface area is 182 Å². The highest BCUT2D eigenvalue weighted by Gasteiger charge is 2.27. The van der Waals surface area contributed by atoms with E-state index in [-0.39, 0.29) is 10.8 Å². The molecule has 3 rings (SSSR count). The summed E-state index contributed by atoms with van der Waals surface area (Å²) in [5.41, 5.74) is 0.972. The van der Waals surface area contributed by atoms with Gasteiger partial charge >= 0.3 is 5.97 Å². The fourth-order valence-electron chi connectivity index (χ4n) is 2.63. The highest BCUT2D eigenvalue weighted by Crippen LogP contribution is 2.30. The number of rotatable bonds is 8. The minimum atomic E-state index is -3.54. The number of methoxy groups -OCH3 is 1. The molecule has 1 aliphatic rings. The number of ether oxygens (including phenoxy) is 1. The van der Waals surface area contributed by atoms with Crippen molar-refractivity contribution in [1.82, 2.24) is 14.2 Å². The number of fused-ring (bicyclic) bond motifs is 1. The second kappa shape index (κ2) is 9.41. The number of sulfonamides is 1. The molecule has 2 aromatic rings. The molecule has 9 nitrogen and oxygen atoms in total. The van der Waals surface area contributed by atoms with Gasteiger partial charge in [0.05, 0.1) is 28.9 Å². The number of esters is 1. The van der Waals surface area contributed by atoms with Crippen molar-refractivity contribution in [3.05, 3.63) is 29.3 Å². The third-order valence-electron chi connectivity index (χ3n) is 4.22. The van der Waals surface area contributed by atoms with Gasteiger partial charge in [-0.05, 0) is 24.6 Å². The van der Waals surface area contributed by atoms with Crippen molar-refractivity contribution < 1.29 is 27.2 Å². The Bertz CT molecular complexity index is 1090. The third kappa shape index (κ3) is 4.99. The van der Waals surface area contributed by atoms with Crippen LogP contribution in [0.2, 0.25) is 0 Å². The Balaban J connectivity index is 1.60. The Morgan fingerprint density at radius 3 is 2.90 bits per heavy atom. The zero-order chi connectivity index (χ0) is 21.9. The average molecular weight is 472 g/mol. The predicted molar refractivity (Wildman–Crippen MR) is 114 cm³/mol. The Hall–Kier alpha value is -2.02. The molecule has 0 bridgehead atoms. The lowest BCUT2D eigenvalue weighted by Gasteiger charge is -2.16. The van der Waals surface area contributed by atoms with E-state index in [1.807, 2.05) is 0 Å². The van der Waals surface area contributed by atoms with Crippen LogP contribution in [0.5, 0.6) is 0 Å². The highest BCUT2D eigenvalue weighted by molar-refractivity contribution is 8.04. The van der Waals surface area contributed by atoms with E-state index in [4.69, 9.17) is 4.42 Å². The Morgan fingerprint density at radius 2 is 2.20 bits per heavy atom. The van der Waals surface area contributed by atoms with Gasteiger partial charge in [-0.1, -0.05) is 23.5 Å². The van der Waals surface area contributed by atoms with Gasteiger partial charge in [0, 0.05) is 26.4 Å². The summed E-state index contributed by atoms with van der Waals surface area (Å²) in [6.45, 7) is 0.465. The van der Waals surface area contributed by atoms with E-state index < -0.39 is 16.0 Å². The zero-order valence-corrected chi connectivity index (χ0v) is 19.1. The van der Waals surface area contributed by atoms with Crippen LogP contribution >= 0.6 is 23.5 Å². The number of benzene rings is 1. The van der Waals surface area contributed by atoms with Crippen molar-refractivity contribution in [2.75, 3.05) is 39.3 Å². The second-order valence-corrected chi connectivity index (χ2v) is 10.6. The van der Waals surface area contributed by atoms with Crippen molar-refractivity contribution >= 4 is 56.5 Å². The quantitative estimate of drug-likeness (QED) is 0.247. The predicted octanol–water partition coefficient (Wildman–Crippen LogP) is 2.15. The molecule has 30 heavy (non-hydrogen) atoms. The van der Waals surface area contributed by atoms with Crippen molar-refractivity contribution in [1.29, 1.82) is 0 Å². The van der Waals surface area contributed by atoms with E-state index in [1.165, 1.54) is 62.9 Å². The van der Waals surface area contributed by atoms with Crippen molar-refractivity contribution in [3.63, 3.8) is 0 Å². The number of aromatic nitrogens is 1. The van der Waals surface area contributed by atoms with Gasteiger partial charge in [0.2, 0.25) is 15.9 Å². The largest absolute Gasteiger partial charge is 0.466 e. The van der Waals surface area contributed by atoms with Gasteiger partial charge < -0.3 is 14.1 Å². The van der Waals surface area contributed by atoms with Crippen molar-refractivity contribution in [2.45, 2.75) is 16.5 Å². The molecule has 1 amide bonds. The van der Waals surface area contributed by atoms with Crippen molar-refractivity contribution in [2.24, 2.45) is 0 Å². The average Bonchev–Trinajstić information content (AvgIpc) is 3.27. The van der Waals surface area contributed by atoms with Gasteiger partial charge in [-0.2, -0.15) is 0 Å². The number of carbonyl (C=O) groups excluding carboxylic acids is 2. The minimum Gasteiger partial charge on any atom is -0.466 e. The number of oxazole rings is 1. The van der Waals surface area contributed by atoms with E-state index in [9.17, 15) is 18.0 Å². The number of amides is 1. The first-order valence-electron chi connectivity index (χ1n) is 8.91. The summed E-state index contributed by atoms with van der Waals surface area (Å²) < 4.78 is 35.9. The molecular weight excluding hydrogens is 450 g/mol. The monoisotopic (exact) mass is 471 g/mol. The van der Waals surface area contributed by atoms with Crippen LogP contribution in [0.15, 0.2) is 43.8 Å². The third-order valence-corrected chi connectivity index (χ3v) is 7.97. The van der Waals surface area contributed by atoms with Gasteiger partial charge in [0.15, 0.2) is 5.58 Å². The standard InChI is InChI=1S/C18H21N3O6S3/c1-20(2)30(24,25)12-5-6-14-13(9-12)19-18(27-14)28-8-4-7-21-15(22)11-29-16(21)10-17(23)26-3/h5-6,9-10H,4,7-8,11H2,1-3H3/b16-10+. The van der Waals surface area contributed by atoms with Gasteiger partial charge in [0.1, 0.15) is 5.52 Å². The maximum Gasteiger partial charge on any atom is 0.333 e. The summed E-state index contributed by atoms with van der Waals surface area (Å²) in [7, 11) is 0.692. The van der Waals surface area contributed by atoms with Crippen molar-refractivity contribution in [3.8, 4) is 0 Å². The van der Waals surface area contributed by atoms with E-state index in [0.29, 0.717) is 45.8 Å². The van der Waals surface area contributed by atoms with Crippen LogP contribution in [0.3, 0.4) is 0 Å². The SMILES string of the molecule is COC(=O)/C=C1/SCC(=O)N1CCCSc1nc2cc(S(=O)(=O)N(C)C)ccc2o1. The summed E-state index contributed by atoms with van der Waals surface area (Å²) in [4.78, 5) is 29.5. The first kappa shape index (κ1) is 22.7. The fraction of sp³-hybridized carbons (Fsp3) is 0.389. The topological polar surface area (TPSA) is 110 Å². The molecule has 0 unspecified atom stereocenters. The fourth-order valence-corrected chi connectivity index (χ4v) is 5.27. The lowest BCUT2D eigenvalue weighted by atomic mass is 10.3. The molecule has 1 fully saturated rings. The smallest absolute Gasteiger partial charge is 0.333 e. The van der Waals surface area contributed by atoms with Gasteiger partial charge in [-0.15, -0.1) is 0 Å². The number of thioether (sulfide) groups is 2. The molecule has 1 aromatic carbocycles. The van der Waals surface area contributed by atoms with Gasteiger partial charge in [0.25, 0.3) is 5.22 Å². The van der Waals surface area contributed by atoms with Crippen LogP contribution in [-0.2, 0) is 24.3 Å². The van der Waals surface area contributed by atoms with E-state index >= 15 is 0 Å². The van der Waals surface area contributed by atoms with Crippen LogP contribution in [0.4, 0.5) is 0 Å². The zero-order valence-electron chi connectivity index (χ0n) is 16.7. The van der Waals surface area contributed by atoms with Gasteiger partial charge in [-0.25, -0.2) is 22.5 Å². The number of nitrogens with zero attached hydrogens (tertiary/aromatic N) is 3. The molecule has 1 aliphatic heterocycles. The van der Waals surface area contributed by atoms with E-state index in [2.05, 4.69) is 9.72 Å². The molecule has 12 heteroatoms. The van der Waals surface area contributed by atoms with Crippen LogP contribution in [0, 0.1) is 0 Å². The molecular formula is C18H21N3O6S3. The van der Waals surface area contributed by atoms with Gasteiger partial charge in [-0.3, -0.25) is 4.79 Å². The van der Waals surface area contributed by atoms with Crippen LogP contribution < -0.4 is 0 Å². The maximum absolute atomic E-state index is 12.3. The number of hydrogen-bond acceptors (Lipinski definition) is 9. The number of hydrogen-bond donors (Lipinski definition) is 0. The highest BCUT2D eigenvalue weighted by atomic mass is 32.2. The summed E-state index contributed by atoms with van der Waals surface area (Å²) in [5, 5.41) is 1.02. The Kier molecular flexibility index (Phi) is 7.11. The lowest BCUT2D eigenvalue weighted by Crippen LogP contribution is -2.26. The molecule has 0 aliphatic carbocycles. The van der Waals surface area contributed by atoms with Crippen LogP contribution in [0.25, 0.3) is 11.1 Å². The summed E-state index contributed by atoms with van der Waals surface area (Å²) in [5.74, 6) is 0.403. The summed E-state index contributed by atoms with van der Waals surface area (Å²) in [6, 6.07) is 4.57. The van der Waals surface area contributed by atoms with Crippen LogP contribution in [0.1, 0.15) is 6.42 Å². The van der Waals surface area contributed by atoms with Crippen LogP contribution in [-0.4, -0.2) is 73.7 Å². The first-order chi connectivity index (χ1) is 14.2. The molecule has 0 atom stereocenters. The molecule has 0 N–H and O–H groups in total. The minimum absolute atomic E-state index is 0.0448. The Morgan fingerprint density at radius 1 is 1.43 bits per heavy atom. The summed E-state index contributed by atoms with van der Waals surface area (Å²) >= 11 is 2.69. The molecule has 0 radical (unpaired) electrons. The molecule has 1 saturated heterocycles. The lowest BCUT2D eigenvalue weighted by molar-refractivity contribution is -0.134. The maximum atomic E-state index is 12.3. The first-order valence-corrected chi connectivity index (χ1v) is 12.3. The molecule has 162 valence electrons. The van der Waals surface area contributed by atoms with E-state index in [1.54, 1.807) is 11.0 Å². The normalized spacial score (nSPS) is 16.2. The van der Waals surface area contributed by atoms with E-state index in [0.717, 1.165) is 4.31 Å². The molecule has 0 saturated carbocycles. The molecule has 0 spiro atoms. The molecule has 2 heterocycles. The molecule has 1 aromatic heterocycles. The summed E-state index contributed by atoms with van der Waals surface area (Å²) in [6.07, 6.45) is 1.98. The second-order valence-electron chi connectivity index (χ2n) is 6.44. The number of carbonyl (C=O) groups is 2.